The summed E-state index contributed by atoms with van der Waals surface area (Å²) in [6.45, 7) is 7.07. The molecular weight excluding hydrogens is 184 g/mol. The van der Waals surface area contributed by atoms with E-state index in [-0.39, 0.29) is 11.8 Å². The van der Waals surface area contributed by atoms with Gasteiger partial charge in [-0.25, -0.2) is 19.4 Å². The van der Waals surface area contributed by atoms with Crippen LogP contribution in [0.5, 0.6) is 0 Å². The molecule has 0 amide bonds. The van der Waals surface area contributed by atoms with Gasteiger partial charge in [0.05, 0.1) is 11.8 Å². The van der Waals surface area contributed by atoms with E-state index >= 15 is 0 Å². The fourth-order valence-electron chi connectivity index (χ4n) is 0.811. The van der Waals surface area contributed by atoms with Crippen molar-refractivity contribution in [1.82, 2.24) is 0 Å². The minimum Gasteiger partial charge on any atom is -0.247 e. The number of hydrogen-bond donors (Lipinski definition) is 0. The molecule has 0 aliphatic rings. The Morgan fingerprint density at radius 3 is 2.00 bits per heavy atom. The lowest BCUT2D eigenvalue weighted by Gasteiger charge is -2.08. The van der Waals surface area contributed by atoms with Crippen LogP contribution in [0.1, 0.15) is 40.5 Å². The van der Waals surface area contributed by atoms with Crippen LogP contribution in [-0.2, 0) is 19.4 Å². The average Bonchev–Trinajstić information content (AvgIpc) is 2.13. The Bertz CT molecular complexity index is 198. The number of carbonyl (C=O) groups is 2. The van der Waals surface area contributed by atoms with Crippen LogP contribution in [-0.4, -0.2) is 11.9 Å². The molecule has 4 heteroatoms. The largest absolute Gasteiger partial charge is 0.358 e. The van der Waals surface area contributed by atoms with Crippen LogP contribution < -0.4 is 0 Å². The van der Waals surface area contributed by atoms with E-state index in [9.17, 15) is 9.59 Å². The molecule has 0 fully saturated rings. The predicted molar refractivity (Wildman–Crippen MR) is 51.1 cm³/mol. The van der Waals surface area contributed by atoms with Gasteiger partial charge >= 0.3 is 11.9 Å². The zero-order valence-electron chi connectivity index (χ0n) is 9.20. The van der Waals surface area contributed by atoms with Crippen molar-refractivity contribution in [3.8, 4) is 0 Å². The molecule has 1 atom stereocenters. The number of hydrogen-bond acceptors (Lipinski definition) is 4. The lowest BCUT2D eigenvalue weighted by molar-refractivity contribution is -0.264. The fraction of sp³-hybridized carbons (Fsp3) is 0.800. The van der Waals surface area contributed by atoms with Crippen molar-refractivity contribution in [2.24, 2.45) is 11.8 Å². The summed E-state index contributed by atoms with van der Waals surface area (Å²) in [7, 11) is 0. The third-order valence-electron chi connectivity index (χ3n) is 1.80. The molecule has 0 aliphatic carbocycles. The Morgan fingerprint density at radius 1 is 1.07 bits per heavy atom. The van der Waals surface area contributed by atoms with Crippen molar-refractivity contribution in [3.63, 3.8) is 0 Å². The molecule has 82 valence electrons. The van der Waals surface area contributed by atoms with Crippen molar-refractivity contribution in [2.75, 3.05) is 0 Å². The highest BCUT2D eigenvalue weighted by atomic mass is 17.2. The topological polar surface area (TPSA) is 52.6 Å². The van der Waals surface area contributed by atoms with Gasteiger partial charge in [-0.1, -0.05) is 34.1 Å². The highest BCUT2D eigenvalue weighted by molar-refractivity contribution is 5.75. The Kier molecular flexibility index (Phi) is 5.92. The Morgan fingerprint density at radius 2 is 1.57 bits per heavy atom. The maximum Gasteiger partial charge on any atom is 0.358 e. The smallest absolute Gasteiger partial charge is 0.247 e. The lowest BCUT2D eigenvalue weighted by atomic mass is 10.1. The van der Waals surface area contributed by atoms with Crippen LogP contribution in [0.2, 0.25) is 0 Å². The summed E-state index contributed by atoms with van der Waals surface area (Å²) in [4.78, 5) is 30.8. The Balaban J connectivity index is 3.79. The molecule has 0 rings (SSSR count). The molecule has 0 saturated carbocycles. The standard InChI is InChI=1S/C10H18O4/c1-5-6-8(4)10(12)14-13-9(11)7(2)3/h7-8H,5-6H2,1-4H3. The maximum atomic E-state index is 11.2. The van der Waals surface area contributed by atoms with E-state index < -0.39 is 11.9 Å². The van der Waals surface area contributed by atoms with E-state index in [0.717, 1.165) is 12.8 Å². The molecule has 0 aliphatic heterocycles. The van der Waals surface area contributed by atoms with Crippen LogP contribution >= 0.6 is 0 Å². The van der Waals surface area contributed by atoms with Gasteiger partial charge in [0, 0.05) is 0 Å². The molecular formula is C10H18O4. The maximum absolute atomic E-state index is 11.2. The van der Waals surface area contributed by atoms with E-state index in [4.69, 9.17) is 0 Å². The normalized spacial score (nSPS) is 12.4. The third kappa shape index (κ3) is 4.84. The van der Waals surface area contributed by atoms with Gasteiger partial charge in [0.15, 0.2) is 0 Å². The molecule has 0 spiro atoms. The van der Waals surface area contributed by atoms with E-state index in [1.54, 1.807) is 20.8 Å². The molecule has 0 radical (unpaired) electrons. The monoisotopic (exact) mass is 202 g/mol. The second-order valence-corrected chi connectivity index (χ2v) is 3.65. The SMILES string of the molecule is CCCC(C)C(=O)OOC(=O)C(C)C. The second-order valence-electron chi connectivity index (χ2n) is 3.65. The Hall–Kier alpha value is -1.06. The van der Waals surface area contributed by atoms with Crippen molar-refractivity contribution >= 4 is 11.9 Å². The van der Waals surface area contributed by atoms with Gasteiger partial charge in [-0.05, 0) is 6.42 Å². The highest BCUT2D eigenvalue weighted by Crippen LogP contribution is 2.08. The molecule has 0 heterocycles. The van der Waals surface area contributed by atoms with Crippen LogP contribution in [0, 0.1) is 11.8 Å². The third-order valence-corrected chi connectivity index (χ3v) is 1.80. The zero-order valence-corrected chi connectivity index (χ0v) is 9.20. The van der Waals surface area contributed by atoms with Gasteiger partial charge in [0.2, 0.25) is 0 Å². The minimum absolute atomic E-state index is 0.222. The number of carbonyl (C=O) groups excluding carboxylic acids is 2. The van der Waals surface area contributed by atoms with Crippen molar-refractivity contribution in [1.29, 1.82) is 0 Å². The second kappa shape index (κ2) is 6.40. The molecule has 0 bridgehead atoms. The summed E-state index contributed by atoms with van der Waals surface area (Å²) in [5.74, 6) is -1.52. The van der Waals surface area contributed by atoms with Crippen LogP contribution in [0.3, 0.4) is 0 Å². The first-order valence-corrected chi connectivity index (χ1v) is 4.91. The summed E-state index contributed by atoms with van der Waals surface area (Å²) in [5, 5.41) is 0. The van der Waals surface area contributed by atoms with Crippen molar-refractivity contribution in [2.45, 2.75) is 40.5 Å². The molecule has 1 unspecified atom stereocenters. The summed E-state index contributed by atoms with van der Waals surface area (Å²) < 4.78 is 0. The van der Waals surface area contributed by atoms with Crippen LogP contribution in [0.4, 0.5) is 0 Å². The first-order valence-electron chi connectivity index (χ1n) is 4.91. The summed E-state index contributed by atoms with van der Waals surface area (Å²) in [5.41, 5.74) is 0. The molecule has 0 N–H and O–H groups in total. The molecule has 4 nitrogen and oxygen atoms in total. The van der Waals surface area contributed by atoms with Gasteiger partial charge in [-0.2, -0.15) is 0 Å². The first kappa shape index (κ1) is 12.9. The summed E-state index contributed by atoms with van der Waals surface area (Å²) >= 11 is 0. The van der Waals surface area contributed by atoms with E-state index in [1.165, 1.54) is 0 Å². The first-order chi connectivity index (χ1) is 6.49. The molecule has 0 aromatic heterocycles. The highest BCUT2D eigenvalue weighted by Gasteiger charge is 2.18. The van der Waals surface area contributed by atoms with Gasteiger partial charge in [-0.3, -0.25) is 0 Å². The minimum atomic E-state index is -0.526. The van der Waals surface area contributed by atoms with Gasteiger partial charge < -0.3 is 0 Å². The summed E-state index contributed by atoms with van der Waals surface area (Å²) in [6.07, 6.45) is 1.63. The molecule has 0 aromatic carbocycles. The van der Waals surface area contributed by atoms with E-state index in [0.29, 0.717) is 0 Å². The number of rotatable bonds is 4. The van der Waals surface area contributed by atoms with Crippen LogP contribution in [0.15, 0.2) is 0 Å². The summed E-state index contributed by atoms with van der Waals surface area (Å²) in [6, 6.07) is 0. The quantitative estimate of drug-likeness (QED) is 0.517. The van der Waals surface area contributed by atoms with Gasteiger partial charge in [0.1, 0.15) is 0 Å². The van der Waals surface area contributed by atoms with Crippen LogP contribution in [0.25, 0.3) is 0 Å². The van der Waals surface area contributed by atoms with Gasteiger partial charge in [0.25, 0.3) is 0 Å². The lowest BCUT2D eigenvalue weighted by Crippen LogP contribution is -2.19. The zero-order chi connectivity index (χ0) is 11.1. The molecule has 0 aromatic rings. The van der Waals surface area contributed by atoms with Gasteiger partial charge in [-0.15, -0.1) is 0 Å². The molecule has 0 saturated heterocycles. The van der Waals surface area contributed by atoms with Crippen molar-refractivity contribution < 1.29 is 19.4 Å². The predicted octanol–water partition coefficient (Wildman–Crippen LogP) is 2.08. The fourth-order valence-corrected chi connectivity index (χ4v) is 0.811. The molecule has 14 heavy (non-hydrogen) atoms. The average molecular weight is 202 g/mol. The van der Waals surface area contributed by atoms with E-state index in [2.05, 4.69) is 9.78 Å². The Labute approximate surface area is 84.5 Å². The van der Waals surface area contributed by atoms with Crippen molar-refractivity contribution in [3.05, 3.63) is 0 Å². The van der Waals surface area contributed by atoms with E-state index in [1.807, 2.05) is 6.92 Å².